The molecule has 0 aromatic rings. The Bertz CT molecular complexity index is 392. The second kappa shape index (κ2) is 8.73. The lowest BCUT2D eigenvalue weighted by atomic mass is 10.2. The molecule has 0 saturated carbocycles. The molecule has 0 saturated heterocycles. The van der Waals surface area contributed by atoms with E-state index in [-0.39, 0.29) is 18.8 Å². The molecule has 0 radical (unpaired) electrons. The van der Waals surface area contributed by atoms with Gasteiger partial charge in [0.1, 0.15) is 15.9 Å². The molecule has 19 heavy (non-hydrogen) atoms. The number of carbonyl (C=O) groups is 2. The maximum Gasteiger partial charge on any atom is 0.407 e. The fraction of sp³-hybridized carbons (Fsp3) is 0.818. The van der Waals surface area contributed by atoms with Gasteiger partial charge >= 0.3 is 12.1 Å². The first-order valence-corrected chi connectivity index (χ1v) is 8.16. The first kappa shape index (κ1) is 17.7. The number of carboxylic acid groups (broad SMARTS) is 1. The molecule has 0 bridgehead atoms. The number of sulfone groups is 1. The molecule has 1 atom stereocenters. The minimum absolute atomic E-state index is 0.182. The molecule has 2 N–H and O–H groups in total. The summed E-state index contributed by atoms with van der Waals surface area (Å²) in [5.41, 5.74) is 0. The molecule has 0 aliphatic carbocycles. The number of ether oxygens (including phenoxy) is 1. The van der Waals surface area contributed by atoms with Crippen molar-refractivity contribution in [3.8, 4) is 0 Å². The highest BCUT2D eigenvalue weighted by Crippen LogP contribution is 1.99. The van der Waals surface area contributed by atoms with Gasteiger partial charge in [0.25, 0.3) is 0 Å². The van der Waals surface area contributed by atoms with Crippen molar-refractivity contribution < 1.29 is 27.9 Å². The van der Waals surface area contributed by atoms with Crippen LogP contribution in [-0.4, -0.2) is 50.2 Å². The van der Waals surface area contributed by atoms with Crippen LogP contribution in [0, 0.1) is 0 Å². The predicted octanol–water partition coefficient (Wildman–Crippen LogP) is 0.791. The minimum Gasteiger partial charge on any atom is -0.480 e. The number of carbonyl (C=O) groups excluding carboxylic acids is 1. The van der Waals surface area contributed by atoms with Gasteiger partial charge in [0, 0.05) is 6.26 Å². The second-order valence-corrected chi connectivity index (χ2v) is 6.56. The zero-order valence-corrected chi connectivity index (χ0v) is 12.0. The summed E-state index contributed by atoms with van der Waals surface area (Å²) in [5.74, 6) is -1.59. The van der Waals surface area contributed by atoms with Gasteiger partial charge in [-0.15, -0.1) is 0 Å². The molecule has 0 aromatic heterocycles. The van der Waals surface area contributed by atoms with Crippen molar-refractivity contribution in [2.24, 2.45) is 0 Å². The molecule has 0 rings (SSSR count). The third-order valence-corrected chi connectivity index (χ3v) is 3.33. The molecule has 112 valence electrons. The normalized spacial score (nSPS) is 12.7. The first-order valence-electron chi connectivity index (χ1n) is 6.10. The van der Waals surface area contributed by atoms with Crippen molar-refractivity contribution in [2.45, 2.75) is 38.6 Å². The molecule has 0 spiro atoms. The van der Waals surface area contributed by atoms with Crippen LogP contribution in [0.4, 0.5) is 4.79 Å². The third kappa shape index (κ3) is 10.3. The van der Waals surface area contributed by atoms with Crippen LogP contribution in [-0.2, 0) is 19.4 Å². The van der Waals surface area contributed by atoms with E-state index >= 15 is 0 Å². The molecule has 7 nitrogen and oxygen atoms in total. The molecular formula is C11H21NO6S. The second-order valence-electron chi connectivity index (χ2n) is 4.30. The number of carboxylic acids is 1. The van der Waals surface area contributed by atoms with Crippen LogP contribution < -0.4 is 5.32 Å². The van der Waals surface area contributed by atoms with Crippen molar-refractivity contribution in [1.29, 1.82) is 0 Å². The van der Waals surface area contributed by atoms with Gasteiger partial charge in [0.2, 0.25) is 0 Å². The Morgan fingerprint density at radius 1 is 1.32 bits per heavy atom. The van der Waals surface area contributed by atoms with Gasteiger partial charge in [-0.1, -0.05) is 19.8 Å². The molecule has 0 aromatic carbocycles. The fourth-order valence-corrected chi connectivity index (χ4v) is 1.95. The summed E-state index contributed by atoms with van der Waals surface area (Å²) in [4.78, 5) is 22.2. The van der Waals surface area contributed by atoms with Crippen molar-refractivity contribution >= 4 is 21.9 Å². The highest BCUT2D eigenvalue weighted by molar-refractivity contribution is 7.90. The average molecular weight is 295 g/mol. The molecule has 8 heteroatoms. The Morgan fingerprint density at radius 2 is 1.95 bits per heavy atom. The van der Waals surface area contributed by atoms with Crippen LogP contribution in [0.3, 0.4) is 0 Å². The maximum absolute atomic E-state index is 11.3. The van der Waals surface area contributed by atoms with Crippen LogP contribution in [0.1, 0.15) is 32.6 Å². The van der Waals surface area contributed by atoms with Crippen molar-refractivity contribution in [1.82, 2.24) is 5.32 Å². The molecular weight excluding hydrogens is 274 g/mol. The van der Waals surface area contributed by atoms with Crippen LogP contribution in [0.5, 0.6) is 0 Å². The Balaban J connectivity index is 4.12. The smallest absolute Gasteiger partial charge is 0.407 e. The molecule has 0 fully saturated rings. The van der Waals surface area contributed by atoms with E-state index in [4.69, 9.17) is 9.84 Å². The number of nitrogens with one attached hydrogen (secondary N) is 1. The number of alkyl carbamates (subject to hydrolysis) is 1. The molecule has 1 amide bonds. The molecule has 0 aliphatic rings. The van der Waals surface area contributed by atoms with E-state index in [1.807, 2.05) is 6.92 Å². The van der Waals surface area contributed by atoms with Gasteiger partial charge in [-0.3, -0.25) is 0 Å². The van der Waals surface area contributed by atoms with Crippen LogP contribution in [0.15, 0.2) is 0 Å². The monoisotopic (exact) mass is 295 g/mol. The lowest BCUT2D eigenvalue weighted by Crippen LogP contribution is -2.42. The lowest BCUT2D eigenvalue weighted by molar-refractivity contribution is -0.139. The van der Waals surface area contributed by atoms with Gasteiger partial charge in [0.15, 0.2) is 0 Å². The summed E-state index contributed by atoms with van der Waals surface area (Å²) in [6, 6.07) is -1.26. The summed E-state index contributed by atoms with van der Waals surface area (Å²) >= 11 is 0. The van der Waals surface area contributed by atoms with Gasteiger partial charge < -0.3 is 15.2 Å². The SMILES string of the molecule is CCCCCOC(=O)NC(CCS(C)(=O)=O)C(=O)O. The van der Waals surface area contributed by atoms with Gasteiger partial charge in [-0.05, 0) is 12.8 Å². The molecule has 1 unspecified atom stereocenters. The van der Waals surface area contributed by atoms with Crippen LogP contribution >= 0.6 is 0 Å². The largest absolute Gasteiger partial charge is 0.480 e. The zero-order chi connectivity index (χ0) is 14.9. The standard InChI is InChI=1S/C11H21NO6S/c1-3-4-5-7-18-11(15)12-9(10(13)14)6-8-19(2,16)17/h9H,3-8H2,1-2H3,(H,12,15)(H,13,14). The van der Waals surface area contributed by atoms with Crippen LogP contribution in [0.2, 0.25) is 0 Å². The van der Waals surface area contributed by atoms with Crippen molar-refractivity contribution in [2.75, 3.05) is 18.6 Å². The summed E-state index contributed by atoms with van der Waals surface area (Å²) in [7, 11) is -3.27. The van der Waals surface area contributed by atoms with Gasteiger partial charge in [-0.2, -0.15) is 0 Å². The number of hydrogen-bond acceptors (Lipinski definition) is 5. The van der Waals surface area contributed by atoms with Crippen molar-refractivity contribution in [3.05, 3.63) is 0 Å². The number of rotatable bonds is 9. The predicted molar refractivity (Wildman–Crippen MR) is 69.8 cm³/mol. The zero-order valence-electron chi connectivity index (χ0n) is 11.2. The Morgan fingerprint density at radius 3 is 2.42 bits per heavy atom. The Labute approximate surface area is 113 Å². The summed E-state index contributed by atoms with van der Waals surface area (Å²) in [5, 5.41) is 11.0. The van der Waals surface area contributed by atoms with E-state index in [1.54, 1.807) is 0 Å². The van der Waals surface area contributed by atoms with Gasteiger partial charge in [0.05, 0.1) is 12.4 Å². The quantitative estimate of drug-likeness (QED) is 0.609. The highest BCUT2D eigenvalue weighted by atomic mass is 32.2. The van der Waals surface area contributed by atoms with E-state index < -0.39 is 27.9 Å². The minimum atomic E-state index is -3.27. The van der Waals surface area contributed by atoms with E-state index in [9.17, 15) is 18.0 Å². The number of aliphatic carboxylic acids is 1. The lowest BCUT2D eigenvalue weighted by Gasteiger charge is -2.14. The number of hydrogen-bond donors (Lipinski definition) is 2. The Kier molecular flexibility index (Phi) is 8.13. The van der Waals surface area contributed by atoms with Gasteiger partial charge in [-0.25, -0.2) is 18.0 Å². The number of unbranched alkanes of at least 4 members (excludes halogenated alkanes) is 2. The van der Waals surface area contributed by atoms with E-state index in [0.29, 0.717) is 6.42 Å². The summed E-state index contributed by atoms with van der Waals surface area (Å²) < 4.78 is 26.7. The topological polar surface area (TPSA) is 110 Å². The summed E-state index contributed by atoms with van der Waals surface area (Å²) in [6.45, 7) is 2.23. The van der Waals surface area contributed by atoms with Crippen molar-refractivity contribution in [3.63, 3.8) is 0 Å². The van der Waals surface area contributed by atoms with Crippen LogP contribution in [0.25, 0.3) is 0 Å². The number of amides is 1. The van der Waals surface area contributed by atoms with E-state index in [1.165, 1.54) is 0 Å². The summed E-state index contributed by atoms with van der Waals surface area (Å²) in [6.07, 6.45) is 2.61. The van der Waals surface area contributed by atoms with E-state index in [2.05, 4.69) is 5.32 Å². The average Bonchev–Trinajstić information content (AvgIpc) is 2.28. The maximum atomic E-state index is 11.3. The molecule has 0 heterocycles. The fourth-order valence-electron chi connectivity index (χ4n) is 1.29. The van der Waals surface area contributed by atoms with E-state index in [0.717, 1.165) is 19.1 Å². The molecule has 0 aliphatic heterocycles. The first-order chi connectivity index (χ1) is 8.76. The highest BCUT2D eigenvalue weighted by Gasteiger charge is 2.22. The third-order valence-electron chi connectivity index (χ3n) is 2.35. The Hall–Kier alpha value is -1.31.